The van der Waals surface area contributed by atoms with Crippen LogP contribution >= 0.6 is 11.6 Å². The zero-order chi connectivity index (χ0) is 29.4. The molecule has 3 rings (SSSR count). The molecule has 0 fully saturated rings. The fourth-order valence-corrected chi connectivity index (χ4v) is 4.33. The van der Waals surface area contributed by atoms with Crippen LogP contribution in [0.5, 0.6) is 11.5 Å². The molecule has 0 saturated carbocycles. The van der Waals surface area contributed by atoms with Gasteiger partial charge in [-0.3, -0.25) is 14.4 Å². The standard InChI is InChI=1S/C30H35ClN4O5/c1-7-35(8-2)21-12-13-22(24(16-21)32-19(6)36)33-23-17-25(29(37)28(31)18(23)5)34-30(38)20-11-14-26(39-9-3)27(15-20)40-10-4/h11-17H,7-10H2,1-6H3,(H,32,36)(H,34,38). The van der Waals surface area contributed by atoms with Gasteiger partial charge in [0.05, 0.1) is 41.0 Å². The van der Waals surface area contributed by atoms with Crippen molar-refractivity contribution in [1.82, 2.24) is 5.32 Å². The third-order valence-electron chi connectivity index (χ3n) is 6.15. The number of carbonyl (C=O) groups excluding carboxylic acids is 3. The number of hydrogen-bond donors (Lipinski definition) is 2. The number of rotatable bonds is 11. The van der Waals surface area contributed by atoms with Gasteiger partial charge in [-0.2, -0.15) is 0 Å². The van der Waals surface area contributed by atoms with E-state index in [1.54, 1.807) is 31.2 Å². The van der Waals surface area contributed by atoms with E-state index < -0.39 is 11.7 Å². The van der Waals surface area contributed by atoms with Gasteiger partial charge in [0, 0.05) is 31.3 Å². The summed E-state index contributed by atoms with van der Waals surface area (Å²) in [6.07, 6.45) is 1.48. The number of nitrogens with one attached hydrogen (secondary N) is 2. The van der Waals surface area contributed by atoms with Gasteiger partial charge in [-0.25, -0.2) is 4.99 Å². The van der Waals surface area contributed by atoms with E-state index in [0.29, 0.717) is 47.4 Å². The molecule has 0 bridgehead atoms. The average Bonchev–Trinajstić information content (AvgIpc) is 2.92. The first-order valence-corrected chi connectivity index (χ1v) is 13.6. The van der Waals surface area contributed by atoms with E-state index >= 15 is 0 Å². The third kappa shape index (κ3) is 7.09. The SMILES string of the molecule is CCOc1ccc(C(=O)NC2=CC(=Nc3ccc(N(CC)CC)cc3NC(C)=O)C(C)=C(Cl)C2=O)cc1OCC. The molecule has 0 aromatic heterocycles. The van der Waals surface area contributed by atoms with Gasteiger partial charge < -0.3 is 25.0 Å². The van der Waals surface area contributed by atoms with Gasteiger partial charge in [0.1, 0.15) is 0 Å². The summed E-state index contributed by atoms with van der Waals surface area (Å²) >= 11 is 6.40. The number of nitrogens with zero attached hydrogens (tertiary/aromatic N) is 2. The second kappa shape index (κ2) is 13.8. The first kappa shape index (κ1) is 30.4. The van der Waals surface area contributed by atoms with E-state index in [2.05, 4.69) is 29.4 Å². The Hall–Kier alpha value is -4.11. The molecule has 10 heteroatoms. The molecule has 1 aliphatic carbocycles. The van der Waals surface area contributed by atoms with Gasteiger partial charge >= 0.3 is 0 Å². The van der Waals surface area contributed by atoms with Gasteiger partial charge in [-0.05, 0) is 82.7 Å². The molecule has 2 amide bonds. The number of ether oxygens (including phenoxy) is 2. The van der Waals surface area contributed by atoms with E-state index in [1.165, 1.54) is 13.0 Å². The lowest BCUT2D eigenvalue weighted by atomic mass is 10.0. The number of ketones is 1. The lowest BCUT2D eigenvalue weighted by Crippen LogP contribution is -2.31. The Morgan fingerprint density at radius 2 is 1.62 bits per heavy atom. The van der Waals surface area contributed by atoms with Gasteiger partial charge in [0.15, 0.2) is 11.5 Å². The quantitative estimate of drug-likeness (QED) is 0.334. The van der Waals surface area contributed by atoms with Crippen LogP contribution in [0.4, 0.5) is 17.1 Å². The minimum atomic E-state index is -0.526. The number of anilines is 2. The van der Waals surface area contributed by atoms with Crippen LogP contribution in [-0.4, -0.2) is 49.6 Å². The van der Waals surface area contributed by atoms with Gasteiger partial charge in [0.2, 0.25) is 11.7 Å². The molecule has 0 aliphatic heterocycles. The predicted molar refractivity (Wildman–Crippen MR) is 159 cm³/mol. The zero-order valence-electron chi connectivity index (χ0n) is 23.7. The summed E-state index contributed by atoms with van der Waals surface area (Å²) < 4.78 is 11.2. The van der Waals surface area contributed by atoms with Crippen molar-refractivity contribution in [3.05, 3.63) is 64.3 Å². The lowest BCUT2D eigenvalue weighted by Gasteiger charge is -2.22. The van der Waals surface area contributed by atoms with Crippen LogP contribution in [0.15, 0.2) is 63.8 Å². The van der Waals surface area contributed by atoms with Gasteiger partial charge in [-0.15, -0.1) is 0 Å². The highest BCUT2D eigenvalue weighted by atomic mass is 35.5. The Morgan fingerprint density at radius 3 is 2.25 bits per heavy atom. The Morgan fingerprint density at radius 1 is 0.950 bits per heavy atom. The fraction of sp³-hybridized carbons (Fsp3) is 0.333. The maximum Gasteiger partial charge on any atom is 0.255 e. The van der Waals surface area contributed by atoms with Gasteiger partial charge in [-0.1, -0.05) is 11.6 Å². The number of Topliss-reactive ketones (excluding diaryl/α,β-unsaturated/α-hetero) is 1. The molecule has 0 radical (unpaired) electrons. The number of allylic oxidation sites excluding steroid dienone is 3. The number of carbonyl (C=O) groups is 3. The van der Waals surface area contributed by atoms with E-state index in [9.17, 15) is 14.4 Å². The summed E-state index contributed by atoms with van der Waals surface area (Å²) in [7, 11) is 0. The number of halogens is 1. The summed E-state index contributed by atoms with van der Waals surface area (Å²) in [6, 6.07) is 10.4. The van der Waals surface area contributed by atoms with Crippen LogP contribution < -0.4 is 25.0 Å². The topological polar surface area (TPSA) is 109 Å². The van der Waals surface area contributed by atoms with Crippen LogP contribution in [0.25, 0.3) is 0 Å². The second-order valence-electron chi connectivity index (χ2n) is 8.86. The van der Waals surface area contributed by atoms with Crippen LogP contribution in [0.2, 0.25) is 0 Å². The molecule has 2 aromatic rings. The highest BCUT2D eigenvalue weighted by molar-refractivity contribution is 6.49. The van der Waals surface area contributed by atoms with Crippen LogP contribution in [0, 0.1) is 0 Å². The number of benzene rings is 2. The Balaban J connectivity index is 1.99. The Kier molecular flexibility index (Phi) is 10.5. The maximum absolute atomic E-state index is 13.1. The second-order valence-corrected chi connectivity index (χ2v) is 9.24. The average molecular weight is 567 g/mol. The first-order chi connectivity index (χ1) is 19.1. The summed E-state index contributed by atoms with van der Waals surface area (Å²) in [5.74, 6) is -0.342. The summed E-state index contributed by atoms with van der Waals surface area (Å²) in [6.45, 7) is 13.3. The summed E-state index contributed by atoms with van der Waals surface area (Å²) in [4.78, 5) is 44.9. The normalized spacial score (nSPS) is 14.1. The van der Waals surface area contributed by atoms with E-state index in [0.717, 1.165) is 18.8 Å². The van der Waals surface area contributed by atoms with E-state index in [-0.39, 0.29) is 22.2 Å². The molecule has 212 valence electrons. The lowest BCUT2D eigenvalue weighted by molar-refractivity contribution is -0.114. The van der Waals surface area contributed by atoms with Gasteiger partial charge in [0.25, 0.3) is 5.91 Å². The molecule has 0 spiro atoms. The van der Waals surface area contributed by atoms with E-state index in [4.69, 9.17) is 26.1 Å². The summed E-state index contributed by atoms with van der Waals surface area (Å²) in [5, 5.41) is 5.44. The minimum absolute atomic E-state index is 0.0213. The monoisotopic (exact) mass is 566 g/mol. The van der Waals surface area contributed by atoms with Crippen LogP contribution in [-0.2, 0) is 9.59 Å². The van der Waals surface area contributed by atoms with E-state index in [1.807, 2.05) is 26.0 Å². The molecule has 0 saturated heterocycles. The number of hydrogen-bond acceptors (Lipinski definition) is 7. The van der Waals surface area contributed by atoms with Crippen molar-refractivity contribution >= 4 is 52.0 Å². The molecule has 1 aliphatic rings. The molecular weight excluding hydrogens is 532 g/mol. The third-order valence-corrected chi connectivity index (χ3v) is 6.61. The molecule has 0 unspecified atom stereocenters. The minimum Gasteiger partial charge on any atom is -0.490 e. The highest BCUT2D eigenvalue weighted by Crippen LogP contribution is 2.33. The molecule has 40 heavy (non-hydrogen) atoms. The van der Waals surface area contributed by atoms with Crippen molar-refractivity contribution in [1.29, 1.82) is 0 Å². The van der Waals surface area contributed by atoms with Crippen LogP contribution in [0.1, 0.15) is 51.9 Å². The number of amides is 2. The Bertz CT molecular complexity index is 1390. The largest absolute Gasteiger partial charge is 0.490 e. The zero-order valence-corrected chi connectivity index (χ0v) is 24.4. The smallest absolute Gasteiger partial charge is 0.255 e. The molecule has 2 aromatic carbocycles. The van der Waals surface area contributed by atoms with Crippen molar-refractivity contribution in [2.75, 3.05) is 36.5 Å². The van der Waals surface area contributed by atoms with Crippen molar-refractivity contribution in [3.63, 3.8) is 0 Å². The fourth-order valence-electron chi connectivity index (χ4n) is 4.13. The van der Waals surface area contributed by atoms with Crippen molar-refractivity contribution < 1.29 is 23.9 Å². The molecular formula is C30H35ClN4O5. The highest BCUT2D eigenvalue weighted by Gasteiger charge is 2.26. The molecule has 0 atom stereocenters. The Labute approximate surface area is 239 Å². The summed E-state index contributed by atoms with van der Waals surface area (Å²) in [5.41, 5.74) is 3.02. The van der Waals surface area contributed by atoms with Crippen molar-refractivity contribution in [2.45, 2.75) is 41.5 Å². The molecule has 0 heterocycles. The first-order valence-electron chi connectivity index (χ1n) is 13.2. The predicted octanol–water partition coefficient (Wildman–Crippen LogP) is 5.77. The van der Waals surface area contributed by atoms with Crippen molar-refractivity contribution in [2.24, 2.45) is 4.99 Å². The number of aliphatic imine (C=N–C) groups is 1. The molecule has 2 N–H and O–H groups in total. The maximum atomic E-state index is 13.1. The van der Waals surface area contributed by atoms with Crippen LogP contribution in [0.3, 0.4) is 0 Å². The van der Waals surface area contributed by atoms with Crippen molar-refractivity contribution in [3.8, 4) is 11.5 Å². The molecule has 9 nitrogen and oxygen atoms in total.